The highest BCUT2D eigenvalue weighted by Crippen LogP contribution is 2.27. The lowest BCUT2D eigenvalue weighted by Crippen LogP contribution is -2.33. The van der Waals surface area contributed by atoms with Crippen molar-refractivity contribution in [2.75, 3.05) is 19.7 Å². The number of aromatic nitrogens is 2. The number of hydrogen-bond donors (Lipinski definition) is 1. The first kappa shape index (κ1) is 25.3. The predicted molar refractivity (Wildman–Crippen MR) is 132 cm³/mol. The largest absolute Gasteiger partial charge is 0.505 e. The highest BCUT2D eigenvalue weighted by molar-refractivity contribution is 5.98. The molecule has 1 aliphatic rings. The second-order valence-corrected chi connectivity index (χ2v) is 8.96. The van der Waals surface area contributed by atoms with Crippen molar-refractivity contribution in [3.8, 4) is 5.75 Å². The average molecular weight is 496 g/mol. The molecule has 2 aromatic heterocycles. The summed E-state index contributed by atoms with van der Waals surface area (Å²) in [5.74, 6) is -1.63. The number of amides is 1. The number of aryl methyl sites for hydroxylation is 1. The van der Waals surface area contributed by atoms with E-state index in [1.807, 2.05) is 4.90 Å². The Kier molecular flexibility index (Phi) is 7.97. The van der Waals surface area contributed by atoms with Crippen molar-refractivity contribution in [3.63, 3.8) is 0 Å². The standard InChI is InChI=1S/C27H30FN3O5/c1-2-36-27(35)23-25(33)24-21(16-19(17-29-24)15-18-8-10-20(28)11-9-18)31(26(23)34)14-6-13-30-12-5-3-4-7-22(30)32/h8-11,16-17,33H,2-7,12-15H2,1H3. The molecule has 36 heavy (non-hydrogen) atoms. The highest BCUT2D eigenvalue weighted by atomic mass is 19.1. The van der Waals surface area contributed by atoms with Crippen LogP contribution >= 0.6 is 0 Å². The van der Waals surface area contributed by atoms with Crippen LogP contribution in [0.2, 0.25) is 0 Å². The van der Waals surface area contributed by atoms with Crippen LogP contribution in [-0.2, 0) is 22.5 Å². The van der Waals surface area contributed by atoms with Crippen molar-refractivity contribution < 1.29 is 23.8 Å². The zero-order chi connectivity index (χ0) is 25.7. The smallest absolute Gasteiger partial charge is 0.347 e. The molecule has 0 saturated carbocycles. The Labute approximate surface area is 208 Å². The lowest BCUT2D eigenvalue weighted by molar-refractivity contribution is -0.130. The van der Waals surface area contributed by atoms with E-state index in [4.69, 9.17) is 4.74 Å². The molecule has 1 amide bonds. The first-order chi connectivity index (χ1) is 17.4. The average Bonchev–Trinajstić information content (AvgIpc) is 3.06. The zero-order valence-electron chi connectivity index (χ0n) is 20.3. The summed E-state index contributed by atoms with van der Waals surface area (Å²) in [4.78, 5) is 44.4. The van der Waals surface area contributed by atoms with Gasteiger partial charge in [0.1, 0.15) is 11.3 Å². The molecule has 1 fully saturated rings. The van der Waals surface area contributed by atoms with Crippen molar-refractivity contribution >= 4 is 22.9 Å². The molecule has 0 aliphatic carbocycles. The number of aromatic hydroxyl groups is 1. The minimum atomic E-state index is -0.907. The van der Waals surface area contributed by atoms with E-state index in [0.29, 0.717) is 37.9 Å². The third-order valence-electron chi connectivity index (χ3n) is 6.42. The SMILES string of the molecule is CCOC(=O)c1c(O)c2ncc(Cc3ccc(F)cc3)cc2n(CCCN2CCCCCC2=O)c1=O. The molecule has 1 aromatic carbocycles. The number of carbonyl (C=O) groups is 2. The van der Waals surface area contributed by atoms with Crippen LogP contribution in [0.3, 0.4) is 0 Å². The van der Waals surface area contributed by atoms with Crippen molar-refractivity contribution in [3.05, 3.63) is 69.4 Å². The van der Waals surface area contributed by atoms with Gasteiger partial charge in [-0.3, -0.25) is 14.6 Å². The summed E-state index contributed by atoms with van der Waals surface area (Å²) in [6.45, 7) is 3.09. The second-order valence-electron chi connectivity index (χ2n) is 8.96. The number of pyridine rings is 2. The van der Waals surface area contributed by atoms with Crippen LogP contribution in [0.25, 0.3) is 11.0 Å². The van der Waals surface area contributed by atoms with Crippen LogP contribution in [0.15, 0.2) is 41.3 Å². The fraction of sp³-hybridized carbons (Fsp3) is 0.407. The van der Waals surface area contributed by atoms with Crippen LogP contribution < -0.4 is 5.56 Å². The molecule has 0 radical (unpaired) electrons. The molecule has 190 valence electrons. The molecule has 4 rings (SSSR count). The zero-order valence-corrected chi connectivity index (χ0v) is 20.3. The maximum Gasteiger partial charge on any atom is 0.347 e. The second kappa shape index (κ2) is 11.3. The van der Waals surface area contributed by atoms with Gasteiger partial charge in [0.25, 0.3) is 5.56 Å². The van der Waals surface area contributed by atoms with Crippen LogP contribution in [0.1, 0.15) is 60.5 Å². The number of rotatable bonds is 8. The van der Waals surface area contributed by atoms with Crippen molar-refractivity contribution in [1.29, 1.82) is 0 Å². The summed E-state index contributed by atoms with van der Waals surface area (Å²) in [6.07, 6.45) is 5.91. The molecule has 9 heteroatoms. The number of benzene rings is 1. The molecule has 3 heterocycles. The number of hydrogen-bond acceptors (Lipinski definition) is 6. The summed E-state index contributed by atoms with van der Waals surface area (Å²) < 4.78 is 19.7. The normalized spacial score (nSPS) is 14.2. The van der Waals surface area contributed by atoms with Gasteiger partial charge < -0.3 is 19.3 Å². The first-order valence-electron chi connectivity index (χ1n) is 12.3. The fourth-order valence-corrected chi connectivity index (χ4v) is 4.59. The van der Waals surface area contributed by atoms with E-state index < -0.39 is 22.8 Å². The molecule has 0 unspecified atom stereocenters. The maximum absolute atomic E-state index is 13.4. The summed E-state index contributed by atoms with van der Waals surface area (Å²) in [5, 5.41) is 10.8. The van der Waals surface area contributed by atoms with E-state index in [9.17, 15) is 23.9 Å². The van der Waals surface area contributed by atoms with E-state index in [-0.39, 0.29) is 30.4 Å². The molecule has 0 spiro atoms. The first-order valence-corrected chi connectivity index (χ1v) is 12.3. The quantitative estimate of drug-likeness (QED) is 0.477. The van der Waals surface area contributed by atoms with Gasteiger partial charge >= 0.3 is 5.97 Å². The van der Waals surface area contributed by atoms with E-state index in [0.717, 1.165) is 30.4 Å². The number of esters is 1. The Morgan fingerprint density at radius 2 is 1.89 bits per heavy atom. The number of halogens is 1. The summed E-state index contributed by atoms with van der Waals surface area (Å²) in [5.41, 5.74) is 1.00. The molecule has 1 N–H and O–H groups in total. The van der Waals surface area contributed by atoms with E-state index in [1.165, 1.54) is 16.7 Å². The summed E-state index contributed by atoms with van der Waals surface area (Å²) in [6, 6.07) is 7.85. The van der Waals surface area contributed by atoms with Gasteiger partial charge in [-0.1, -0.05) is 18.6 Å². The molecule has 1 saturated heterocycles. The van der Waals surface area contributed by atoms with Crippen molar-refractivity contribution in [2.45, 2.75) is 52.0 Å². The van der Waals surface area contributed by atoms with E-state index in [2.05, 4.69) is 4.98 Å². The molecule has 1 aliphatic heterocycles. The minimum Gasteiger partial charge on any atom is -0.505 e. The Balaban J connectivity index is 1.70. The third-order valence-corrected chi connectivity index (χ3v) is 6.42. The third kappa shape index (κ3) is 5.56. The molecule has 3 aromatic rings. The number of carbonyl (C=O) groups excluding carboxylic acids is 2. The molecule has 0 atom stereocenters. The Bertz CT molecular complexity index is 1320. The summed E-state index contributed by atoms with van der Waals surface area (Å²) >= 11 is 0. The van der Waals surface area contributed by atoms with Gasteiger partial charge in [-0.05, 0) is 61.9 Å². The van der Waals surface area contributed by atoms with Gasteiger partial charge in [0.2, 0.25) is 5.91 Å². The Hall–Kier alpha value is -3.75. The highest BCUT2D eigenvalue weighted by Gasteiger charge is 2.25. The summed E-state index contributed by atoms with van der Waals surface area (Å²) in [7, 11) is 0. The Morgan fingerprint density at radius 3 is 2.64 bits per heavy atom. The van der Waals surface area contributed by atoms with Gasteiger partial charge in [-0.2, -0.15) is 0 Å². The van der Waals surface area contributed by atoms with Gasteiger partial charge in [0.15, 0.2) is 11.3 Å². The molecule has 0 bridgehead atoms. The number of nitrogens with zero attached hydrogens (tertiary/aromatic N) is 3. The van der Waals surface area contributed by atoms with Crippen LogP contribution in [0.5, 0.6) is 5.75 Å². The van der Waals surface area contributed by atoms with Crippen molar-refractivity contribution in [2.24, 2.45) is 0 Å². The monoisotopic (exact) mass is 495 g/mol. The van der Waals surface area contributed by atoms with E-state index in [1.54, 1.807) is 31.3 Å². The van der Waals surface area contributed by atoms with Crippen LogP contribution in [-0.4, -0.2) is 51.1 Å². The molecular weight excluding hydrogens is 465 g/mol. The van der Waals surface area contributed by atoms with E-state index >= 15 is 0 Å². The van der Waals surface area contributed by atoms with Crippen molar-refractivity contribution in [1.82, 2.24) is 14.5 Å². The lowest BCUT2D eigenvalue weighted by Gasteiger charge is -2.21. The maximum atomic E-state index is 13.4. The van der Waals surface area contributed by atoms with Gasteiger partial charge in [0.05, 0.1) is 12.1 Å². The number of fused-ring (bicyclic) bond motifs is 1. The fourth-order valence-electron chi connectivity index (χ4n) is 4.59. The Morgan fingerprint density at radius 1 is 1.11 bits per heavy atom. The van der Waals surface area contributed by atoms with Gasteiger partial charge in [-0.15, -0.1) is 0 Å². The number of likely N-dealkylation sites (tertiary alicyclic amines) is 1. The molecule has 8 nitrogen and oxygen atoms in total. The topological polar surface area (TPSA) is 102 Å². The molecular formula is C27H30FN3O5. The van der Waals surface area contributed by atoms with Gasteiger partial charge in [-0.25, -0.2) is 9.18 Å². The lowest BCUT2D eigenvalue weighted by atomic mass is 10.1. The predicted octanol–water partition coefficient (Wildman–Crippen LogP) is 3.80. The number of ether oxygens (including phenoxy) is 1. The van der Waals surface area contributed by atoms with Gasteiger partial charge in [0, 0.05) is 32.3 Å². The minimum absolute atomic E-state index is 0.0524. The van der Waals surface area contributed by atoms with Crippen LogP contribution in [0, 0.1) is 5.82 Å². The van der Waals surface area contributed by atoms with Crippen LogP contribution in [0.4, 0.5) is 4.39 Å².